The fourth-order valence-corrected chi connectivity index (χ4v) is 4.13. The summed E-state index contributed by atoms with van der Waals surface area (Å²) in [5.41, 5.74) is 3.35. The molecule has 30 heavy (non-hydrogen) atoms. The van der Waals surface area contributed by atoms with Gasteiger partial charge in [-0.05, 0) is 40.1 Å². The largest absolute Gasteiger partial charge is 0.493 e. The van der Waals surface area contributed by atoms with Crippen LogP contribution in [0.4, 0.5) is 5.69 Å². The van der Waals surface area contributed by atoms with E-state index in [1.807, 2.05) is 83.4 Å². The molecule has 0 saturated carbocycles. The number of halogens is 1. The van der Waals surface area contributed by atoms with E-state index in [0.29, 0.717) is 28.2 Å². The van der Waals surface area contributed by atoms with E-state index >= 15 is 0 Å². The molecule has 0 radical (unpaired) electrons. The van der Waals surface area contributed by atoms with Crippen molar-refractivity contribution in [2.45, 2.75) is 12.3 Å². The summed E-state index contributed by atoms with van der Waals surface area (Å²) in [5, 5.41) is 27.1. The number of benzene rings is 3. The van der Waals surface area contributed by atoms with E-state index in [-0.39, 0.29) is 5.88 Å². The van der Waals surface area contributed by atoms with Crippen molar-refractivity contribution >= 4 is 45.1 Å². The van der Waals surface area contributed by atoms with Crippen LogP contribution in [-0.2, 0) is 12.3 Å². The van der Waals surface area contributed by atoms with Gasteiger partial charge >= 0.3 is 5.17 Å². The van der Waals surface area contributed by atoms with Crippen molar-refractivity contribution < 1.29 is 10.5 Å². The molecule has 7 heteroatoms. The summed E-state index contributed by atoms with van der Waals surface area (Å²) in [7, 11) is 0. The number of nitrogens with zero attached hydrogens (tertiary/aromatic N) is 3. The van der Waals surface area contributed by atoms with Gasteiger partial charge in [0, 0.05) is 16.2 Å². The van der Waals surface area contributed by atoms with E-state index in [4.69, 9.17) is 17.0 Å². The van der Waals surface area contributed by atoms with Crippen molar-refractivity contribution in [3.8, 4) is 5.88 Å². The van der Waals surface area contributed by atoms with Crippen molar-refractivity contribution in [1.29, 1.82) is 0 Å². The minimum absolute atomic E-state index is 0.0627. The Morgan fingerprint density at radius 1 is 0.967 bits per heavy atom. The van der Waals surface area contributed by atoms with Gasteiger partial charge in [0.2, 0.25) is 5.88 Å². The Kier molecular flexibility index (Phi) is 6.16. The Bertz CT molecular complexity index is 1220. The van der Waals surface area contributed by atoms with E-state index in [1.165, 1.54) is 11.8 Å². The van der Waals surface area contributed by atoms with Crippen LogP contribution in [0.5, 0.6) is 5.88 Å². The Morgan fingerprint density at radius 3 is 2.47 bits per heavy atom. The Labute approximate surface area is 183 Å². The highest BCUT2D eigenvalue weighted by Crippen LogP contribution is 2.39. The Hall–Kier alpha value is -3.09. The van der Waals surface area contributed by atoms with Crippen molar-refractivity contribution in [3.05, 3.63) is 95.0 Å². The van der Waals surface area contributed by atoms with Gasteiger partial charge in [-0.1, -0.05) is 78.3 Å². The molecule has 0 bridgehead atoms. The normalized spacial score (nSPS) is 11.4. The molecular weight excluding hydrogens is 416 g/mol. The summed E-state index contributed by atoms with van der Waals surface area (Å²) in [5.74, 6) is 0.652. The highest BCUT2D eigenvalue weighted by molar-refractivity contribution is 8.12. The van der Waals surface area contributed by atoms with E-state index in [1.54, 1.807) is 0 Å². The second-order valence-electron chi connectivity index (χ2n) is 6.68. The van der Waals surface area contributed by atoms with Crippen LogP contribution in [0.1, 0.15) is 11.1 Å². The lowest BCUT2D eigenvalue weighted by molar-refractivity contribution is -0.110. The van der Waals surface area contributed by atoms with Gasteiger partial charge in [-0.3, -0.25) is 5.41 Å². The number of thioether (sulfide) groups is 1. The van der Waals surface area contributed by atoms with Crippen LogP contribution >= 0.6 is 23.4 Å². The van der Waals surface area contributed by atoms with Crippen LogP contribution in [0.2, 0.25) is 5.02 Å². The van der Waals surface area contributed by atoms with Gasteiger partial charge in [0.05, 0.1) is 17.2 Å². The molecule has 3 N–H and O–H groups in total. The summed E-state index contributed by atoms with van der Waals surface area (Å²) < 4.78 is 1.83. The molecule has 3 aromatic carbocycles. The van der Waals surface area contributed by atoms with Crippen LogP contribution in [-0.4, -0.2) is 14.8 Å². The maximum Gasteiger partial charge on any atom is 0.377 e. The predicted octanol–water partition coefficient (Wildman–Crippen LogP) is 5.18. The predicted molar refractivity (Wildman–Crippen MR) is 123 cm³/mol. The van der Waals surface area contributed by atoms with Gasteiger partial charge in [-0.2, -0.15) is 0 Å². The number of rotatable bonds is 5. The molecule has 4 aromatic rings. The number of aromatic hydroxyl groups is 1. The number of aromatic nitrogens is 1. The number of azo groups is 1. The molecule has 1 heterocycles. The SMILES string of the molecule is [NH2+]=C(N=Nc1c(O)n(Cc2ccccc2)c2ccccc12)SCc1ccccc1Cl. The molecule has 0 spiro atoms. The van der Waals surface area contributed by atoms with Crippen molar-refractivity contribution in [1.82, 2.24) is 4.57 Å². The number of fused-ring (bicyclic) bond motifs is 1. The lowest BCUT2D eigenvalue weighted by Crippen LogP contribution is -2.36. The number of nitrogens with two attached hydrogens (primary N) is 1. The molecule has 5 nitrogen and oxygen atoms in total. The highest BCUT2D eigenvalue weighted by Gasteiger charge is 2.19. The van der Waals surface area contributed by atoms with E-state index in [0.717, 1.165) is 22.0 Å². The first-order valence-electron chi connectivity index (χ1n) is 9.38. The summed E-state index contributed by atoms with van der Waals surface area (Å²) in [6.45, 7) is 0.531. The molecule has 0 unspecified atom stereocenters. The van der Waals surface area contributed by atoms with Crippen molar-refractivity contribution in [2.75, 3.05) is 0 Å². The van der Waals surface area contributed by atoms with E-state index in [2.05, 4.69) is 10.2 Å². The molecule has 0 saturated heterocycles. The lowest BCUT2D eigenvalue weighted by Gasteiger charge is -2.06. The first-order valence-corrected chi connectivity index (χ1v) is 10.7. The van der Waals surface area contributed by atoms with Gasteiger partial charge in [-0.15, -0.1) is 0 Å². The van der Waals surface area contributed by atoms with Crippen LogP contribution < -0.4 is 5.41 Å². The molecule has 0 fully saturated rings. The number of amidine groups is 1. The third kappa shape index (κ3) is 4.40. The lowest BCUT2D eigenvalue weighted by atomic mass is 10.2. The number of para-hydroxylation sites is 1. The Balaban J connectivity index is 1.57. The zero-order valence-electron chi connectivity index (χ0n) is 16.1. The minimum Gasteiger partial charge on any atom is -0.493 e. The average Bonchev–Trinajstić information content (AvgIpc) is 3.03. The quantitative estimate of drug-likeness (QED) is 0.257. The van der Waals surface area contributed by atoms with Crippen LogP contribution in [0.25, 0.3) is 10.9 Å². The number of hydrogen-bond donors (Lipinski definition) is 2. The molecule has 0 atom stereocenters. The van der Waals surface area contributed by atoms with Crippen LogP contribution in [0.3, 0.4) is 0 Å². The van der Waals surface area contributed by atoms with E-state index < -0.39 is 0 Å². The summed E-state index contributed by atoms with van der Waals surface area (Å²) in [6, 6.07) is 25.3. The molecular formula is C23H20ClN4OS+. The van der Waals surface area contributed by atoms with Gasteiger partial charge in [0.15, 0.2) is 5.69 Å². The standard InChI is InChI=1S/C23H19ClN4OS/c24-19-12-6-4-10-17(19)15-30-23(25)27-26-21-18-11-5-7-13-20(18)28(22(21)29)14-16-8-2-1-3-9-16/h1-13,25,29H,14-15H2/p+1. The average molecular weight is 436 g/mol. The molecule has 0 amide bonds. The monoisotopic (exact) mass is 435 g/mol. The smallest absolute Gasteiger partial charge is 0.377 e. The fraction of sp³-hybridized carbons (Fsp3) is 0.0870. The molecule has 4 rings (SSSR count). The highest BCUT2D eigenvalue weighted by atomic mass is 35.5. The first kappa shape index (κ1) is 20.2. The number of hydrogen-bond acceptors (Lipinski definition) is 3. The third-order valence-corrected chi connectivity index (χ3v) is 5.88. The van der Waals surface area contributed by atoms with Crippen LogP contribution in [0, 0.1) is 0 Å². The topological polar surface area (TPSA) is 75.5 Å². The van der Waals surface area contributed by atoms with E-state index in [9.17, 15) is 5.11 Å². The van der Waals surface area contributed by atoms with Gasteiger partial charge in [0.25, 0.3) is 0 Å². The molecule has 0 aliphatic rings. The first-order chi connectivity index (χ1) is 14.6. The van der Waals surface area contributed by atoms with Crippen molar-refractivity contribution in [2.24, 2.45) is 10.2 Å². The maximum atomic E-state index is 10.9. The molecule has 0 aliphatic heterocycles. The second-order valence-corrected chi connectivity index (χ2v) is 8.08. The zero-order valence-corrected chi connectivity index (χ0v) is 17.6. The maximum absolute atomic E-state index is 10.9. The zero-order chi connectivity index (χ0) is 20.9. The summed E-state index contributed by atoms with van der Waals surface area (Å²) in [4.78, 5) is 0. The molecule has 0 aliphatic carbocycles. The minimum atomic E-state index is 0.0627. The van der Waals surface area contributed by atoms with Crippen LogP contribution in [0.15, 0.2) is 89.1 Å². The second kappa shape index (κ2) is 9.15. The van der Waals surface area contributed by atoms with Crippen molar-refractivity contribution in [3.63, 3.8) is 0 Å². The third-order valence-electron chi connectivity index (χ3n) is 4.68. The summed E-state index contributed by atoms with van der Waals surface area (Å²) >= 11 is 7.53. The van der Waals surface area contributed by atoms with Gasteiger partial charge in [0.1, 0.15) is 0 Å². The summed E-state index contributed by atoms with van der Waals surface area (Å²) in [6.07, 6.45) is 0. The van der Waals surface area contributed by atoms with Gasteiger partial charge in [-0.25, -0.2) is 0 Å². The fourth-order valence-electron chi connectivity index (χ4n) is 3.19. The molecule has 1 aromatic heterocycles. The molecule has 150 valence electrons. The van der Waals surface area contributed by atoms with Gasteiger partial charge < -0.3 is 9.67 Å². The Morgan fingerprint density at radius 2 is 1.67 bits per heavy atom.